The standard InChI is InChI=1S/C40H30N6O4S4/c1-15-5-9-27(53-37(15)47)23-13-29-42-25(23)14-24-22(20-7-6-16(2)51-39(20)49)11-19(41-24)12-26-30-17(3)38(48)52-18(4)31(30)34(43-26)45-35-32-21-8-10-28(54-40(21)50)33(32)36(44-29)46-35/h5-16,18,20-21,27-28,41H,3H2,1-2,4H3,(H,42,43,44,45,46). The fourth-order valence-electron chi connectivity index (χ4n) is 7.89. The lowest BCUT2D eigenvalue weighted by Gasteiger charge is -2.29. The van der Waals surface area contributed by atoms with E-state index in [0.717, 1.165) is 33.4 Å². The summed E-state index contributed by atoms with van der Waals surface area (Å²) >= 11 is 5.02. The van der Waals surface area contributed by atoms with Crippen molar-refractivity contribution in [3.05, 3.63) is 107 Å². The van der Waals surface area contributed by atoms with Crippen molar-refractivity contribution in [1.82, 2.24) is 29.9 Å². The molecule has 0 radical (unpaired) electrons. The first-order valence-corrected chi connectivity index (χ1v) is 21.1. The van der Waals surface area contributed by atoms with Gasteiger partial charge in [0.2, 0.25) is 15.3 Å². The van der Waals surface area contributed by atoms with Gasteiger partial charge in [0, 0.05) is 60.8 Å². The Morgan fingerprint density at radius 2 is 1.31 bits per heavy atom. The quantitative estimate of drug-likeness (QED) is 0.193. The van der Waals surface area contributed by atoms with Crippen molar-refractivity contribution >= 4 is 112 Å². The van der Waals surface area contributed by atoms with E-state index in [4.69, 9.17) is 19.9 Å². The van der Waals surface area contributed by atoms with Crippen LogP contribution in [0.3, 0.4) is 0 Å². The van der Waals surface area contributed by atoms with Gasteiger partial charge in [-0.05, 0) is 49.2 Å². The Morgan fingerprint density at radius 1 is 0.611 bits per heavy atom. The van der Waals surface area contributed by atoms with Gasteiger partial charge >= 0.3 is 0 Å². The van der Waals surface area contributed by atoms with Crippen LogP contribution in [0.15, 0.2) is 72.9 Å². The summed E-state index contributed by atoms with van der Waals surface area (Å²) in [5.41, 5.74) is 8.11. The summed E-state index contributed by atoms with van der Waals surface area (Å²) in [5, 5.41) is -0.729. The second-order valence-electron chi connectivity index (χ2n) is 14.1. The first kappa shape index (κ1) is 34.0. The number of allylic oxidation sites excluding steroid dienone is 5. The Morgan fingerprint density at radius 3 is 2.09 bits per heavy atom. The molecule has 0 spiro atoms. The van der Waals surface area contributed by atoms with Crippen LogP contribution in [0.1, 0.15) is 66.2 Å². The van der Waals surface area contributed by atoms with Crippen LogP contribution in [0.4, 0.5) is 0 Å². The number of nitrogens with one attached hydrogen (secondary N) is 2. The number of nitrogens with zero attached hydrogens (tertiary/aromatic N) is 4. The van der Waals surface area contributed by atoms with Crippen molar-refractivity contribution in [2.45, 2.75) is 47.7 Å². The molecule has 0 saturated heterocycles. The van der Waals surface area contributed by atoms with E-state index in [1.165, 1.54) is 47.0 Å². The van der Waals surface area contributed by atoms with E-state index in [1.807, 2.05) is 81.5 Å². The van der Waals surface area contributed by atoms with Crippen LogP contribution < -0.4 is 0 Å². The topological polar surface area (TPSA) is 151 Å². The Hall–Kier alpha value is -4.50. The van der Waals surface area contributed by atoms with Crippen molar-refractivity contribution < 1.29 is 19.2 Å². The van der Waals surface area contributed by atoms with Gasteiger partial charge in [0.05, 0.1) is 28.0 Å². The molecule has 3 aromatic heterocycles. The van der Waals surface area contributed by atoms with E-state index in [0.29, 0.717) is 51.0 Å². The van der Waals surface area contributed by atoms with Gasteiger partial charge in [-0.25, -0.2) is 19.9 Å². The first-order chi connectivity index (χ1) is 26.0. The third kappa shape index (κ3) is 5.35. The van der Waals surface area contributed by atoms with Gasteiger partial charge in [-0.3, -0.25) is 19.2 Å². The van der Waals surface area contributed by atoms with Gasteiger partial charge in [0.1, 0.15) is 5.65 Å². The van der Waals surface area contributed by atoms with E-state index in [-0.39, 0.29) is 47.4 Å². The smallest absolute Gasteiger partial charge is 0.220 e. The van der Waals surface area contributed by atoms with Crippen LogP contribution in [-0.2, 0) is 19.2 Å². The summed E-state index contributed by atoms with van der Waals surface area (Å²) in [7, 11) is 0. The highest BCUT2D eigenvalue weighted by molar-refractivity contribution is 8.15. The molecule has 8 aliphatic rings. The number of thioether (sulfide) groups is 4. The summed E-state index contributed by atoms with van der Waals surface area (Å²) in [6.45, 7) is 10.0. The second-order valence-corrected chi connectivity index (χ2v) is 19.1. The zero-order valence-electron chi connectivity index (χ0n) is 29.1. The van der Waals surface area contributed by atoms with Crippen LogP contribution in [0.2, 0.25) is 0 Å². The fourth-order valence-corrected chi connectivity index (χ4v) is 11.8. The van der Waals surface area contributed by atoms with Crippen LogP contribution in [0.25, 0.3) is 44.5 Å². The first-order valence-electron chi connectivity index (χ1n) is 17.6. The lowest BCUT2D eigenvalue weighted by Crippen LogP contribution is -2.26. The van der Waals surface area contributed by atoms with Crippen LogP contribution in [-0.4, -0.2) is 66.1 Å². The minimum Gasteiger partial charge on any atom is -0.355 e. The van der Waals surface area contributed by atoms with E-state index in [9.17, 15) is 19.2 Å². The largest absolute Gasteiger partial charge is 0.355 e. The third-order valence-electron chi connectivity index (χ3n) is 10.5. The molecule has 7 atom stereocenters. The number of aromatic amines is 2. The Kier molecular flexibility index (Phi) is 7.89. The Bertz CT molecular complexity index is 2670. The second kappa shape index (κ2) is 12.5. The molecule has 0 saturated carbocycles. The van der Waals surface area contributed by atoms with Crippen LogP contribution in [0, 0.1) is 11.8 Å². The van der Waals surface area contributed by atoms with Crippen molar-refractivity contribution in [3.8, 4) is 0 Å². The van der Waals surface area contributed by atoms with E-state index < -0.39 is 11.8 Å². The number of carbonyl (C=O) groups excluding carboxylic acids is 4. The minimum atomic E-state index is -0.527. The molecule has 54 heavy (non-hydrogen) atoms. The molecule has 0 aromatic carbocycles. The SMILES string of the molecule is C=C1C(=O)SC(C)C2=C1c1cc3cc(C4C=CC(C)SC4=O)c(cc4[nH]c(cc4C4C=CC(C)C(=O)S4)nc4nc(nc2n1)C1=C4C2C=CC1C(=O)S2)[nH]3. The predicted octanol–water partition coefficient (Wildman–Crippen LogP) is 7.78. The summed E-state index contributed by atoms with van der Waals surface area (Å²) < 4.78 is 0. The molecule has 10 nitrogen and oxygen atoms in total. The molecular weight excluding hydrogens is 757 g/mol. The number of aromatic nitrogens is 6. The maximum absolute atomic E-state index is 13.5. The lowest BCUT2D eigenvalue weighted by atomic mass is 9.88. The van der Waals surface area contributed by atoms with E-state index >= 15 is 0 Å². The minimum absolute atomic E-state index is 0.0297. The number of hydrogen-bond acceptors (Lipinski definition) is 12. The summed E-state index contributed by atoms with van der Waals surface area (Å²) in [6, 6.07) is 7.75. The molecule has 7 unspecified atom stereocenters. The fraction of sp³-hybridized carbons (Fsp3) is 0.250. The van der Waals surface area contributed by atoms with Gasteiger partial charge in [-0.15, -0.1) is 0 Å². The molecule has 1 aliphatic carbocycles. The van der Waals surface area contributed by atoms with Crippen molar-refractivity contribution in [2.75, 3.05) is 0 Å². The lowest BCUT2D eigenvalue weighted by molar-refractivity contribution is -0.113. The van der Waals surface area contributed by atoms with Crippen molar-refractivity contribution in [1.29, 1.82) is 0 Å². The molecule has 3 aromatic rings. The van der Waals surface area contributed by atoms with E-state index in [1.54, 1.807) is 0 Å². The molecule has 0 fully saturated rings. The van der Waals surface area contributed by atoms with Crippen LogP contribution >= 0.6 is 47.0 Å². The van der Waals surface area contributed by atoms with Crippen LogP contribution in [0.5, 0.6) is 0 Å². The zero-order chi connectivity index (χ0) is 37.2. The Labute approximate surface area is 326 Å². The average Bonchev–Trinajstić information content (AvgIpc) is 3.90. The molecule has 7 aliphatic heterocycles. The molecule has 10 heterocycles. The number of hydrogen-bond donors (Lipinski definition) is 2. The van der Waals surface area contributed by atoms with Crippen molar-refractivity contribution in [2.24, 2.45) is 11.8 Å². The molecular formula is C40H30N6O4S4. The summed E-state index contributed by atoms with van der Waals surface area (Å²) in [5.74, 6) is 0.0101. The number of fused-ring (bicyclic) bond motifs is 11. The molecule has 2 N–H and O–H groups in total. The van der Waals surface area contributed by atoms with Gasteiger partial charge in [-0.2, -0.15) is 0 Å². The number of carbonyl (C=O) groups is 4. The monoisotopic (exact) mass is 786 g/mol. The summed E-state index contributed by atoms with van der Waals surface area (Å²) in [6.07, 6.45) is 11.9. The maximum Gasteiger partial charge on any atom is 0.220 e. The molecule has 14 heteroatoms. The molecule has 10 bridgehead atoms. The summed E-state index contributed by atoms with van der Waals surface area (Å²) in [4.78, 5) is 80.2. The average molecular weight is 787 g/mol. The van der Waals surface area contributed by atoms with Gasteiger partial charge in [0.15, 0.2) is 22.6 Å². The zero-order valence-corrected chi connectivity index (χ0v) is 32.3. The molecule has 268 valence electrons. The number of rotatable bonds is 2. The highest BCUT2D eigenvalue weighted by atomic mass is 32.2. The maximum atomic E-state index is 13.5. The highest BCUT2D eigenvalue weighted by Gasteiger charge is 2.44. The predicted molar refractivity (Wildman–Crippen MR) is 218 cm³/mol. The Balaban J connectivity index is 1.31. The highest BCUT2D eigenvalue weighted by Crippen LogP contribution is 2.52. The molecule has 0 amide bonds. The van der Waals surface area contributed by atoms with Gasteiger partial charge in [-0.1, -0.05) is 97.0 Å². The number of H-pyrrole nitrogens is 2. The molecule has 11 rings (SSSR count). The third-order valence-corrected chi connectivity index (χ3v) is 15.0. The van der Waals surface area contributed by atoms with Gasteiger partial charge < -0.3 is 9.97 Å². The van der Waals surface area contributed by atoms with Gasteiger partial charge in [0.25, 0.3) is 0 Å². The van der Waals surface area contributed by atoms with Crippen molar-refractivity contribution in [3.63, 3.8) is 0 Å². The normalized spacial score (nSPS) is 28.7. The van der Waals surface area contributed by atoms with E-state index in [2.05, 4.69) is 16.5 Å².